The molecule has 0 aromatic carbocycles. The van der Waals surface area contributed by atoms with Gasteiger partial charge in [0.25, 0.3) is 0 Å². The number of hydrogen-bond acceptors (Lipinski definition) is 4. The molecule has 21 heavy (non-hydrogen) atoms. The molecule has 1 aromatic rings. The molecule has 5 nitrogen and oxygen atoms in total. The molecule has 118 valence electrons. The molecule has 2 heterocycles. The van der Waals surface area contributed by atoms with Crippen LogP contribution < -0.4 is 4.72 Å². The van der Waals surface area contributed by atoms with Crippen LogP contribution in [0.5, 0.6) is 0 Å². The molecule has 1 saturated heterocycles. The fourth-order valence-electron chi connectivity index (χ4n) is 2.56. The normalized spacial score (nSPS) is 18.8. The maximum atomic E-state index is 12.4. The van der Waals surface area contributed by atoms with Crippen molar-refractivity contribution < 1.29 is 13.2 Å². The molecule has 0 aliphatic carbocycles. The van der Waals surface area contributed by atoms with Crippen LogP contribution in [0.3, 0.4) is 0 Å². The Labute approximate surface area is 127 Å². The van der Waals surface area contributed by atoms with E-state index in [1.54, 1.807) is 6.20 Å². The zero-order valence-electron chi connectivity index (χ0n) is 12.7. The van der Waals surface area contributed by atoms with Crippen molar-refractivity contribution in [2.75, 3.05) is 19.0 Å². The van der Waals surface area contributed by atoms with E-state index in [4.69, 9.17) is 4.74 Å². The Morgan fingerprint density at radius 2 is 2.05 bits per heavy atom. The fraction of sp³-hybridized carbons (Fsp3) is 0.667. The van der Waals surface area contributed by atoms with E-state index in [0.717, 1.165) is 18.5 Å². The van der Waals surface area contributed by atoms with Crippen LogP contribution in [-0.4, -0.2) is 32.4 Å². The minimum Gasteiger partial charge on any atom is -0.381 e. The molecule has 0 amide bonds. The molecule has 1 unspecified atom stereocenters. The average molecular weight is 312 g/mol. The Hall–Kier alpha value is -0.980. The van der Waals surface area contributed by atoms with E-state index in [-0.39, 0.29) is 23.6 Å². The Morgan fingerprint density at radius 3 is 2.62 bits per heavy atom. The first-order valence-electron chi connectivity index (χ1n) is 7.46. The molecule has 1 aliphatic heterocycles. The molecule has 0 bridgehead atoms. The predicted octanol–water partition coefficient (Wildman–Crippen LogP) is 2.12. The van der Waals surface area contributed by atoms with Crippen LogP contribution in [0, 0.1) is 11.8 Å². The smallest absolute Gasteiger partial charge is 0.212 e. The van der Waals surface area contributed by atoms with E-state index in [9.17, 15) is 8.42 Å². The molecule has 6 heteroatoms. The summed E-state index contributed by atoms with van der Waals surface area (Å²) >= 11 is 0. The predicted molar refractivity (Wildman–Crippen MR) is 82.3 cm³/mol. The number of aromatic nitrogens is 1. The quantitative estimate of drug-likeness (QED) is 0.873. The molecule has 0 spiro atoms. The third-order valence-corrected chi connectivity index (χ3v) is 5.30. The van der Waals surface area contributed by atoms with Crippen molar-refractivity contribution in [3.63, 3.8) is 0 Å². The van der Waals surface area contributed by atoms with E-state index in [1.165, 1.54) is 0 Å². The number of sulfonamides is 1. The van der Waals surface area contributed by atoms with E-state index in [2.05, 4.69) is 9.71 Å². The molecule has 1 aromatic heterocycles. The summed E-state index contributed by atoms with van der Waals surface area (Å²) in [5, 5.41) is 0. The molecular formula is C15H24N2O3S. The summed E-state index contributed by atoms with van der Waals surface area (Å²) in [6.45, 7) is 5.31. The molecule has 1 atom stereocenters. The highest BCUT2D eigenvalue weighted by Crippen LogP contribution is 2.22. The van der Waals surface area contributed by atoms with Gasteiger partial charge in [0.2, 0.25) is 10.0 Å². The zero-order chi connectivity index (χ0) is 15.3. The minimum atomic E-state index is -3.32. The molecule has 2 rings (SSSR count). The SMILES string of the molecule is CC(C)C(NS(=O)(=O)CC1CCOCC1)c1ccccn1. The number of nitrogens with one attached hydrogen (secondary N) is 1. The van der Waals surface area contributed by atoms with Gasteiger partial charge in [-0.3, -0.25) is 4.98 Å². The standard InChI is InChI=1S/C15H24N2O3S/c1-12(2)15(14-5-3-4-8-16-14)17-21(18,19)11-13-6-9-20-10-7-13/h3-5,8,12-13,15,17H,6-7,9-11H2,1-2H3. The summed E-state index contributed by atoms with van der Waals surface area (Å²) < 4.78 is 32.9. The summed E-state index contributed by atoms with van der Waals surface area (Å²) in [5.74, 6) is 0.504. The van der Waals surface area contributed by atoms with Crippen LogP contribution in [0.2, 0.25) is 0 Å². The summed E-state index contributed by atoms with van der Waals surface area (Å²) in [7, 11) is -3.32. The van der Waals surface area contributed by atoms with Crippen LogP contribution in [0.15, 0.2) is 24.4 Å². The Balaban J connectivity index is 2.05. The van der Waals surface area contributed by atoms with Gasteiger partial charge in [-0.1, -0.05) is 19.9 Å². The van der Waals surface area contributed by atoms with Crippen molar-refractivity contribution in [3.8, 4) is 0 Å². The number of ether oxygens (including phenoxy) is 1. The van der Waals surface area contributed by atoms with Crippen LogP contribution in [0.25, 0.3) is 0 Å². The molecule has 0 saturated carbocycles. The first-order valence-corrected chi connectivity index (χ1v) is 9.12. The van der Waals surface area contributed by atoms with Crippen molar-refractivity contribution in [2.45, 2.75) is 32.7 Å². The average Bonchev–Trinajstić information content (AvgIpc) is 2.46. The minimum absolute atomic E-state index is 0.143. The highest BCUT2D eigenvalue weighted by Gasteiger charge is 2.27. The van der Waals surface area contributed by atoms with E-state index >= 15 is 0 Å². The second-order valence-electron chi connectivity index (χ2n) is 5.93. The summed E-state index contributed by atoms with van der Waals surface area (Å²) in [6, 6.07) is 5.29. The molecule has 1 fully saturated rings. The lowest BCUT2D eigenvalue weighted by Crippen LogP contribution is -2.37. The summed E-state index contributed by atoms with van der Waals surface area (Å²) in [4.78, 5) is 4.28. The Morgan fingerprint density at radius 1 is 1.33 bits per heavy atom. The van der Waals surface area contributed by atoms with Gasteiger partial charge in [0.1, 0.15) is 0 Å². The van der Waals surface area contributed by atoms with Crippen LogP contribution in [0.4, 0.5) is 0 Å². The van der Waals surface area contributed by atoms with Crippen molar-refractivity contribution >= 4 is 10.0 Å². The first-order chi connectivity index (χ1) is 9.98. The van der Waals surface area contributed by atoms with Crippen molar-refractivity contribution in [1.29, 1.82) is 0 Å². The summed E-state index contributed by atoms with van der Waals surface area (Å²) in [5.41, 5.74) is 0.767. The van der Waals surface area contributed by atoms with Gasteiger partial charge in [-0.15, -0.1) is 0 Å². The largest absolute Gasteiger partial charge is 0.381 e. The van der Waals surface area contributed by atoms with Gasteiger partial charge in [-0.2, -0.15) is 0 Å². The van der Waals surface area contributed by atoms with E-state index < -0.39 is 10.0 Å². The molecular weight excluding hydrogens is 288 g/mol. The third kappa shape index (κ3) is 5.05. The fourth-order valence-corrected chi connectivity index (χ4v) is 4.39. The van der Waals surface area contributed by atoms with Crippen LogP contribution in [0.1, 0.15) is 38.4 Å². The van der Waals surface area contributed by atoms with Gasteiger partial charge in [-0.05, 0) is 36.8 Å². The van der Waals surface area contributed by atoms with Gasteiger partial charge in [0.05, 0.1) is 17.5 Å². The summed E-state index contributed by atoms with van der Waals surface area (Å²) in [6.07, 6.45) is 3.32. The number of rotatable bonds is 6. The van der Waals surface area contributed by atoms with E-state index in [1.807, 2.05) is 32.0 Å². The van der Waals surface area contributed by atoms with Gasteiger partial charge < -0.3 is 4.74 Å². The highest BCUT2D eigenvalue weighted by molar-refractivity contribution is 7.89. The van der Waals surface area contributed by atoms with Gasteiger partial charge >= 0.3 is 0 Å². The third-order valence-electron chi connectivity index (χ3n) is 3.78. The van der Waals surface area contributed by atoms with Crippen molar-refractivity contribution in [3.05, 3.63) is 30.1 Å². The lowest BCUT2D eigenvalue weighted by Gasteiger charge is -2.25. The van der Waals surface area contributed by atoms with Crippen molar-refractivity contribution in [2.24, 2.45) is 11.8 Å². The Bertz CT molecular complexity index is 525. The molecule has 1 N–H and O–H groups in total. The first kappa shape index (κ1) is 16.4. The number of nitrogens with zero attached hydrogens (tertiary/aromatic N) is 1. The lowest BCUT2D eigenvalue weighted by molar-refractivity contribution is 0.0722. The number of pyridine rings is 1. The van der Waals surface area contributed by atoms with Gasteiger partial charge in [-0.25, -0.2) is 13.1 Å². The lowest BCUT2D eigenvalue weighted by atomic mass is 10.0. The zero-order valence-corrected chi connectivity index (χ0v) is 13.5. The van der Waals surface area contributed by atoms with Gasteiger partial charge in [0, 0.05) is 19.4 Å². The topological polar surface area (TPSA) is 68.3 Å². The highest BCUT2D eigenvalue weighted by atomic mass is 32.2. The molecule has 0 radical (unpaired) electrons. The van der Waals surface area contributed by atoms with E-state index in [0.29, 0.717) is 13.2 Å². The maximum absolute atomic E-state index is 12.4. The monoisotopic (exact) mass is 312 g/mol. The van der Waals surface area contributed by atoms with Crippen LogP contribution in [-0.2, 0) is 14.8 Å². The maximum Gasteiger partial charge on any atom is 0.212 e. The van der Waals surface area contributed by atoms with Crippen molar-refractivity contribution in [1.82, 2.24) is 9.71 Å². The van der Waals surface area contributed by atoms with Crippen LogP contribution >= 0.6 is 0 Å². The molecule has 1 aliphatic rings. The Kier molecular flexibility index (Phi) is 5.72. The van der Waals surface area contributed by atoms with Gasteiger partial charge in [0.15, 0.2) is 0 Å². The second-order valence-corrected chi connectivity index (χ2v) is 7.73. The number of hydrogen-bond donors (Lipinski definition) is 1. The second kappa shape index (κ2) is 7.33.